The molecule has 0 aliphatic heterocycles. The number of nitrogens with one attached hydrogen (secondary N) is 2. The summed E-state index contributed by atoms with van der Waals surface area (Å²) in [5, 5.41) is 7.80. The second-order valence-electron chi connectivity index (χ2n) is 5.66. The van der Waals surface area contributed by atoms with Crippen LogP contribution in [-0.4, -0.2) is 11.8 Å². The second kappa shape index (κ2) is 8.65. The van der Waals surface area contributed by atoms with Crippen LogP contribution in [0, 0.1) is 0 Å². The molecule has 3 rings (SSSR count). The van der Waals surface area contributed by atoms with Crippen LogP contribution in [0.25, 0.3) is 0 Å². The summed E-state index contributed by atoms with van der Waals surface area (Å²) in [7, 11) is 0. The van der Waals surface area contributed by atoms with Crippen LogP contribution in [0.2, 0.25) is 5.02 Å². The molecule has 2 N–H and O–H groups in total. The Morgan fingerprint density at radius 2 is 1.77 bits per heavy atom. The summed E-state index contributed by atoms with van der Waals surface area (Å²) in [4.78, 5) is 24.8. The Hall–Kier alpha value is -2.63. The smallest absolute Gasteiger partial charge is 0.265 e. The highest BCUT2D eigenvalue weighted by molar-refractivity contribution is 7.12. The summed E-state index contributed by atoms with van der Waals surface area (Å²) in [6.45, 7) is 0. The van der Waals surface area contributed by atoms with Crippen LogP contribution in [0.15, 0.2) is 66.0 Å². The predicted molar refractivity (Wildman–Crippen MR) is 107 cm³/mol. The predicted octanol–water partition coefficient (Wildman–Crippen LogP) is 5.23. The summed E-state index contributed by atoms with van der Waals surface area (Å²) in [5.74, 6) is -0.290. The van der Waals surface area contributed by atoms with E-state index in [2.05, 4.69) is 10.6 Å². The minimum absolute atomic E-state index is 0.0831. The number of benzene rings is 2. The van der Waals surface area contributed by atoms with Gasteiger partial charge in [-0.3, -0.25) is 9.59 Å². The first kappa shape index (κ1) is 18.2. The second-order valence-corrected chi connectivity index (χ2v) is 7.01. The lowest BCUT2D eigenvalue weighted by Gasteiger charge is -2.10. The molecule has 26 heavy (non-hydrogen) atoms. The van der Waals surface area contributed by atoms with E-state index in [1.54, 1.807) is 24.3 Å². The molecule has 0 bridgehead atoms. The van der Waals surface area contributed by atoms with Crippen LogP contribution in [-0.2, 0) is 11.2 Å². The van der Waals surface area contributed by atoms with E-state index in [0.29, 0.717) is 34.1 Å². The van der Waals surface area contributed by atoms with Crippen molar-refractivity contribution in [3.63, 3.8) is 0 Å². The molecule has 0 aliphatic rings. The van der Waals surface area contributed by atoms with E-state index in [-0.39, 0.29) is 11.8 Å². The average molecular weight is 385 g/mol. The Morgan fingerprint density at radius 3 is 2.46 bits per heavy atom. The number of hydrogen-bond acceptors (Lipinski definition) is 3. The van der Waals surface area contributed by atoms with Gasteiger partial charge in [-0.25, -0.2) is 0 Å². The standard InChI is InChI=1S/C20H17ClN2O2S/c21-16-13-15(22-19(24)11-8-14-5-2-1-3-6-14)9-10-17(16)23-20(25)18-7-4-12-26-18/h1-7,9-10,12-13H,8,11H2,(H,22,24)(H,23,25). The Kier molecular flexibility index (Phi) is 6.04. The molecule has 2 amide bonds. The van der Waals surface area contributed by atoms with E-state index in [0.717, 1.165) is 5.56 Å². The minimum Gasteiger partial charge on any atom is -0.326 e. The molecule has 2 aromatic carbocycles. The zero-order valence-electron chi connectivity index (χ0n) is 13.9. The molecule has 0 saturated carbocycles. The van der Waals surface area contributed by atoms with E-state index in [1.807, 2.05) is 41.8 Å². The molecular formula is C20H17ClN2O2S. The van der Waals surface area contributed by atoms with Crippen molar-refractivity contribution < 1.29 is 9.59 Å². The molecule has 1 heterocycles. The van der Waals surface area contributed by atoms with Crippen LogP contribution in [0.4, 0.5) is 11.4 Å². The summed E-state index contributed by atoms with van der Waals surface area (Å²) in [6, 6.07) is 18.4. The maximum Gasteiger partial charge on any atom is 0.265 e. The van der Waals surface area contributed by atoms with Crippen molar-refractivity contribution in [2.75, 3.05) is 10.6 Å². The number of amides is 2. The third kappa shape index (κ3) is 4.94. The molecule has 0 radical (unpaired) electrons. The Labute approximate surface area is 160 Å². The lowest BCUT2D eigenvalue weighted by molar-refractivity contribution is -0.116. The summed E-state index contributed by atoms with van der Waals surface area (Å²) in [6.07, 6.45) is 1.06. The third-order valence-corrected chi connectivity index (χ3v) is 4.91. The molecule has 3 aromatic rings. The Morgan fingerprint density at radius 1 is 0.962 bits per heavy atom. The van der Waals surface area contributed by atoms with E-state index >= 15 is 0 Å². The van der Waals surface area contributed by atoms with Gasteiger partial charge >= 0.3 is 0 Å². The number of aryl methyl sites for hydroxylation is 1. The van der Waals surface area contributed by atoms with E-state index in [4.69, 9.17) is 11.6 Å². The molecule has 6 heteroatoms. The number of thiophene rings is 1. The van der Waals surface area contributed by atoms with Crippen molar-refractivity contribution in [2.45, 2.75) is 12.8 Å². The molecule has 0 atom stereocenters. The van der Waals surface area contributed by atoms with Crippen LogP contribution in [0.1, 0.15) is 21.7 Å². The van der Waals surface area contributed by atoms with Gasteiger partial charge in [-0.05, 0) is 41.6 Å². The topological polar surface area (TPSA) is 58.2 Å². The summed E-state index contributed by atoms with van der Waals surface area (Å²) >= 11 is 7.59. The van der Waals surface area contributed by atoms with Crippen molar-refractivity contribution in [3.8, 4) is 0 Å². The number of halogens is 1. The van der Waals surface area contributed by atoms with Crippen molar-refractivity contribution in [3.05, 3.63) is 81.5 Å². The highest BCUT2D eigenvalue weighted by atomic mass is 35.5. The van der Waals surface area contributed by atoms with Gasteiger partial charge in [0.05, 0.1) is 15.6 Å². The fraction of sp³-hybridized carbons (Fsp3) is 0.100. The van der Waals surface area contributed by atoms with Gasteiger partial charge in [0.15, 0.2) is 0 Å². The lowest BCUT2D eigenvalue weighted by atomic mass is 10.1. The fourth-order valence-electron chi connectivity index (χ4n) is 2.41. The highest BCUT2D eigenvalue weighted by Crippen LogP contribution is 2.26. The van der Waals surface area contributed by atoms with Gasteiger partial charge in [0.1, 0.15) is 0 Å². The molecule has 0 saturated heterocycles. The SMILES string of the molecule is O=C(CCc1ccccc1)Nc1ccc(NC(=O)c2cccs2)c(Cl)c1. The quantitative estimate of drug-likeness (QED) is 0.611. The van der Waals surface area contributed by atoms with E-state index in [9.17, 15) is 9.59 Å². The van der Waals surface area contributed by atoms with Crippen molar-refractivity contribution in [2.24, 2.45) is 0 Å². The third-order valence-electron chi connectivity index (χ3n) is 3.73. The first-order valence-corrected chi connectivity index (χ1v) is 9.36. The van der Waals surface area contributed by atoms with Gasteiger partial charge in [-0.1, -0.05) is 48.0 Å². The van der Waals surface area contributed by atoms with Gasteiger partial charge in [-0.2, -0.15) is 0 Å². The maximum atomic E-state index is 12.1. The minimum atomic E-state index is -0.207. The molecule has 132 valence electrons. The first-order chi connectivity index (χ1) is 12.6. The molecule has 4 nitrogen and oxygen atoms in total. The monoisotopic (exact) mass is 384 g/mol. The fourth-order valence-corrected chi connectivity index (χ4v) is 3.26. The van der Waals surface area contributed by atoms with Gasteiger partial charge < -0.3 is 10.6 Å². The molecule has 0 aliphatic carbocycles. The number of carbonyl (C=O) groups is 2. The lowest BCUT2D eigenvalue weighted by Crippen LogP contribution is -2.13. The maximum absolute atomic E-state index is 12.1. The number of rotatable bonds is 6. The van der Waals surface area contributed by atoms with Crippen molar-refractivity contribution >= 4 is 46.1 Å². The van der Waals surface area contributed by atoms with Gasteiger partial charge in [-0.15, -0.1) is 11.3 Å². The molecule has 0 spiro atoms. The summed E-state index contributed by atoms with van der Waals surface area (Å²) in [5.41, 5.74) is 2.22. The normalized spacial score (nSPS) is 10.3. The highest BCUT2D eigenvalue weighted by Gasteiger charge is 2.10. The van der Waals surface area contributed by atoms with Crippen LogP contribution < -0.4 is 10.6 Å². The number of carbonyl (C=O) groups excluding carboxylic acids is 2. The Bertz CT molecular complexity index is 895. The summed E-state index contributed by atoms with van der Waals surface area (Å²) < 4.78 is 0. The van der Waals surface area contributed by atoms with E-state index in [1.165, 1.54) is 11.3 Å². The number of anilines is 2. The van der Waals surface area contributed by atoms with Crippen LogP contribution in [0.3, 0.4) is 0 Å². The van der Waals surface area contributed by atoms with Gasteiger partial charge in [0.25, 0.3) is 5.91 Å². The molecule has 1 aromatic heterocycles. The van der Waals surface area contributed by atoms with E-state index < -0.39 is 0 Å². The zero-order chi connectivity index (χ0) is 18.4. The average Bonchev–Trinajstić information content (AvgIpc) is 3.18. The van der Waals surface area contributed by atoms with Gasteiger partial charge in [0, 0.05) is 12.1 Å². The largest absolute Gasteiger partial charge is 0.326 e. The van der Waals surface area contributed by atoms with Crippen LogP contribution in [0.5, 0.6) is 0 Å². The molecular weight excluding hydrogens is 368 g/mol. The zero-order valence-corrected chi connectivity index (χ0v) is 15.4. The van der Waals surface area contributed by atoms with Crippen molar-refractivity contribution in [1.82, 2.24) is 0 Å². The van der Waals surface area contributed by atoms with Crippen LogP contribution >= 0.6 is 22.9 Å². The molecule has 0 fully saturated rings. The molecule has 0 unspecified atom stereocenters. The number of hydrogen-bond donors (Lipinski definition) is 2. The van der Waals surface area contributed by atoms with Gasteiger partial charge in [0.2, 0.25) is 5.91 Å². The Balaban J connectivity index is 1.57. The first-order valence-electron chi connectivity index (χ1n) is 8.10. The van der Waals surface area contributed by atoms with Crippen molar-refractivity contribution in [1.29, 1.82) is 0 Å².